The van der Waals surface area contributed by atoms with Crippen molar-refractivity contribution in [1.82, 2.24) is 47.9 Å². The molecule has 0 heterocycles. The fourth-order valence-electron chi connectivity index (χ4n) is 5.20. The molecule has 0 saturated heterocycles. The molecule has 17 heteroatoms. The Morgan fingerprint density at radius 3 is 1.40 bits per heavy atom. The van der Waals surface area contributed by atoms with Gasteiger partial charge in [0.2, 0.25) is 29.5 Å². The highest BCUT2D eigenvalue weighted by molar-refractivity contribution is 5.91. The average molecular weight is 760 g/mol. The van der Waals surface area contributed by atoms with Crippen molar-refractivity contribution in [2.75, 3.05) is 107 Å². The van der Waals surface area contributed by atoms with Crippen molar-refractivity contribution >= 4 is 29.5 Å². The van der Waals surface area contributed by atoms with E-state index in [1.165, 1.54) is 6.92 Å². The van der Waals surface area contributed by atoms with E-state index in [1.807, 2.05) is 14.1 Å². The molecule has 3 atom stereocenters. The highest BCUT2D eigenvalue weighted by Gasteiger charge is 2.25. The zero-order valence-corrected chi connectivity index (χ0v) is 33.3. The third-order valence-electron chi connectivity index (χ3n) is 8.32. The molecule has 0 rings (SSSR count). The van der Waals surface area contributed by atoms with Gasteiger partial charge in [0.15, 0.2) is 0 Å². The molecule has 0 spiro atoms. The molecular weight excluding hydrogens is 686 g/mol. The fraction of sp³-hybridized carbons (Fsp3) is 0.861. The Morgan fingerprint density at radius 2 is 0.887 bits per heavy atom. The first kappa shape index (κ1) is 50.1. The summed E-state index contributed by atoms with van der Waals surface area (Å²) in [7, 11) is 7.30. The summed E-state index contributed by atoms with van der Waals surface area (Å²) in [5.41, 5.74) is 0. The van der Waals surface area contributed by atoms with Crippen LogP contribution in [0.3, 0.4) is 0 Å². The molecule has 0 radical (unpaired) electrons. The van der Waals surface area contributed by atoms with E-state index in [-0.39, 0.29) is 36.2 Å². The number of carbonyl (C=O) groups is 5. The van der Waals surface area contributed by atoms with Crippen LogP contribution in [0.2, 0.25) is 0 Å². The first-order valence-electron chi connectivity index (χ1n) is 19.4. The number of amides is 5. The monoisotopic (exact) mass is 760 g/mol. The smallest absolute Gasteiger partial charge is 0.243 e. The Morgan fingerprint density at radius 1 is 0.453 bits per heavy atom. The average Bonchev–Trinajstić information content (AvgIpc) is 3.14. The van der Waals surface area contributed by atoms with Crippen LogP contribution in [0.1, 0.15) is 77.6 Å². The quantitative estimate of drug-likeness (QED) is 0.0345. The topological polar surface area (TPSA) is 221 Å². The van der Waals surface area contributed by atoms with E-state index in [9.17, 15) is 24.0 Å². The van der Waals surface area contributed by atoms with Crippen LogP contribution >= 0.6 is 0 Å². The Bertz CT molecular complexity index is 964. The van der Waals surface area contributed by atoms with Gasteiger partial charge in [-0.15, -0.1) is 0 Å². The molecule has 0 aliphatic rings. The summed E-state index contributed by atoms with van der Waals surface area (Å²) in [6, 6.07) is -1.53. The van der Waals surface area contributed by atoms with Crippen molar-refractivity contribution < 1.29 is 38.2 Å². The molecule has 310 valence electrons. The van der Waals surface area contributed by atoms with Gasteiger partial charge in [0.25, 0.3) is 0 Å². The number of unbranched alkanes of at least 4 members (excludes halogenated alkanes) is 3. The Hall–Kier alpha value is -2.93. The zero-order valence-electron chi connectivity index (χ0n) is 33.3. The van der Waals surface area contributed by atoms with Crippen LogP contribution in [-0.2, 0) is 38.2 Å². The summed E-state index contributed by atoms with van der Waals surface area (Å²) < 4.78 is 16.4. The number of nitrogens with one attached hydrogen (secondary N) is 9. The highest BCUT2D eigenvalue weighted by atomic mass is 16.5. The van der Waals surface area contributed by atoms with Crippen LogP contribution in [0.15, 0.2) is 0 Å². The number of rotatable bonds is 37. The molecule has 0 aliphatic carbocycles. The lowest BCUT2D eigenvalue weighted by Crippen LogP contribution is -2.53. The number of ether oxygens (including phenoxy) is 3. The molecule has 0 aromatic heterocycles. The molecule has 0 aromatic rings. The second-order valence-corrected chi connectivity index (χ2v) is 12.8. The van der Waals surface area contributed by atoms with Crippen molar-refractivity contribution in [3.63, 3.8) is 0 Å². The van der Waals surface area contributed by atoms with Crippen molar-refractivity contribution in [3.8, 4) is 0 Å². The van der Waals surface area contributed by atoms with Gasteiger partial charge >= 0.3 is 0 Å². The largest absolute Gasteiger partial charge is 0.379 e. The lowest BCUT2D eigenvalue weighted by Gasteiger charge is -2.22. The summed E-state index contributed by atoms with van der Waals surface area (Å²) in [6.45, 7) is 7.24. The van der Waals surface area contributed by atoms with Crippen molar-refractivity contribution in [1.29, 1.82) is 0 Å². The molecule has 3 unspecified atom stereocenters. The third kappa shape index (κ3) is 30.1. The molecular formula is C36H73N9O8. The van der Waals surface area contributed by atoms with Crippen LogP contribution in [0.4, 0.5) is 0 Å². The molecule has 53 heavy (non-hydrogen) atoms. The standard InChI is InChI=1S/C36H73N9O8/c1-29(46)41-20-12-22-51-24-26-53-27-25-52-23-13-21-42-33(47)28-44-35(49)32(45-36(50)31(40-5)15-7-10-18-38-3)16-8-11-19-43-34(48)30(39-4)14-6-9-17-37-2/h30-32,37-40H,6-28H2,1-5H3,(H,41,46)(H,42,47)(H,43,48)(H,44,49)(H,45,50). The number of carbonyl (C=O) groups excluding carboxylic acids is 5. The van der Waals surface area contributed by atoms with Crippen molar-refractivity contribution in [2.24, 2.45) is 0 Å². The summed E-state index contributed by atoms with van der Waals surface area (Å²) in [6.07, 6.45) is 8.01. The van der Waals surface area contributed by atoms with E-state index in [4.69, 9.17) is 14.2 Å². The van der Waals surface area contributed by atoms with Crippen molar-refractivity contribution in [3.05, 3.63) is 0 Å². The SMILES string of the molecule is CNCCCCC(NC)C(=O)NCCCCC(NC(=O)C(CCCCNC)NC)C(=O)NCC(=O)NCCCOCCOCCOCCCNC(C)=O. The van der Waals surface area contributed by atoms with Gasteiger partial charge in [-0.1, -0.05) is 12.8 Å². The summed E-state index contributed by atoms with van der Waals surface area (Å²) in [5.74, 6) is -1.14. The van der Waals surface area contributed by atoms with Crippen LogP contribution in [0, 0.1) is 0 Å². The van der Waals surface area contributed by atoms with E-state index in [0.717, 1.165) is 51.6 Å². The minimum atomic E-state index is -0.825. The molecule has 17 nitrogen and oxygen atoms in total. The van der Waals surface area contributed by atoms with Gasteiger partial charge in [0.1, 0.15) is 6.04 Å². The van der Waals surface area contributed by atoms with E-state index >= 15 is 0 Å². The molecule has 0 bridgehead atoms. The van der Waals surface area contributed by atoms with Gasteiger partial charge in [-0.05, 0) is 99.1 Å². The van der Waals surface area contributed by atoms with Gasteiger partial charge in [-0.3, -0.25) is 24.0 Å². The maximum atomic E-state index is 13.2. The lowest BCUT2D eigenvalue weighted by atomic mass is 10.1. The second kappa shape index (κ2) is 36.1. The Kier molecular flexibility index (Phi) is 34.1. The van der Waals surface area contributed by atoms with E-state index in [0.29, 0.717) is 91.4 Å². The predicted molar refractivity (Wildman–Crippen MR) is 206 cm³/mol. The molecule has 0 aromatic carbocycles. The normalized spacial score (nSPS) is 12.8. The Labute approximate surface area is 318 Å². The molecule has 5 amide bonds. The van der Waals surface area contributed by atoms with Gasteiger partial charge in [-0.2, -0.15) is 0 Å². The van der Waals surface area contributed by atoms with Crippen LogP contribution in [-0.4, -0.2) is 155 Å². The number of likely N-dealkylation sites (N-methyl/N-ethyl adjacent to an activating group) is 2. The molecule has 0 fully saturated rings. The summed E-state index contributed by atoms with van der Waals surface area (Å²) in [5, 5.41) is 26.3. The fourth-order valence-corrected chi connectivity index (χ4v) is 5.20. The summed E-state index contributed by atoms with van der Waals surface area (Å²) >= 11 is 0. The van der Waals surface area contributed by atoms with Crippen LogP contribution < -0.4 is 47.9 Å². The van der Waals surface area contributed by atoms with Gasteiger partial charge in [0, 0.05) is 39.8 Å². The van der Waals surface area contributed by atoms with E-state index in [2.05, 4.69) is 47.9 Å². The van der Waals surface area contributed by atoms with Crippen LogP contribution in [0.5, 0.6) is 0 Å². The first-order chi connectivity index (χ1) is 25.7. The zero-order chi connectivity index (χ0) is 39.4. The van der Waals surface area contributed by atoms with E-state index < -0.39 is 18.0 Å². The summed E-state index contributed by atoms with van der Waals surface area (Å²) in [4.78, 5) is 62.2. The van der Waals surface area contributed by atoms with Gasteiger partial charge in [0.05, 0.1) is 45.1 Å². The minimum Gasteiger partial charge on any atom is -0.379 e. The highest BCUT2D eigenvalue weighted by Crippen LogP contribution is 2.06. The van der Waals surface area contributed by atoms with Crippen LogP contribution in [0.25, 0.3) is 0 Å². The lowest BCUT2D eigenvalue weighted by molar-refractivity contribution is -0.131. The van der Waals surface area contributed by atoms with E-state index in [1.54, 1.807) is 14.1 Å². The number of hydrogen-bond donors (Lipinski definition) is 9. The minimum absolute atomic E-state index is 0.0493. The van der Waals surface area contributed by atoms with Gasteiger partial charge < -0.3 is 62.1 Å². The molecule has 0 saturated carbocycles. The maximum Gasteiger partial charge on any atom is 0.243 e. The second-order valence-electron chi connectivity index (χ2n) is 12.8. The van der Waals surface area contributed by atoms with Gasteiger partial charge in [-0.25, -0.2) is 0 Å². The number of hydrogen-bond acceptors (Lipinski definition) is 12. The van der Waals surface area contributed by atoms with Crippen molar-refractivity contribution in [2.45, 2.75) is 95.7 Å². The molecule has 0 aliphatic heterocycles. The predicted octanol–water partition coefficient (Wildman–Crippen LogP) is -1.09. The Balaban J connectivity index is 4.56. The maximum absolute atomic E-state index is 13.2. The molecule has 9 N–H and O–H groups in total. The third-order valence-corrected chi connectivity index (χ3v) is 8.32. The first-order valence-corrected chi connectivity index (χ1v) is 19.4.